The molecule has 0 aliphatic heterocycles. The van der Waals surface area contributed by atoms with Gasteiger partial charge in [-0.2, -0.15) is 52.7 Å². The molecule has 1 N–H and O–H groups in total. The molecule has 0 radical (unpaired) electrons. The van der Waals surface area contributed by atoms with Gasteiger partial charge in [-0.25, -0.2) is 13.6 Å². The molecule has 33 heavy (non-hydrogen) atoms. The maximum Gasteiger partial charge on any atom is 0.435 e. The summed E-state index contributed by atoms with van der Waals surface area (Å²) < 4.78 is 186. The van der Waals surface area contributed by atoms with Crippen LogP contribution >= 0.6 is 0 Å². The van der Waals surface area contributed by atoms with Gasteiger partial charge >= 0.3 is 42.0 Å². The van der Waals surface area contributed by atoms with Crippen molar-refractivity contribution in [3.63, 3.8) is 0 Å². The summed E-state index contributed by atoms with van der Waals surface area (Å²) in [5, 5.41) is 8.77. The van der Waals surface area contributed by atoms with Crippen LogP contribution in [0.4, 0.5) is 61.5 Å². The first-order valence-electron chi connectivity index (χ1n) is 7.75. The Bertz CT molecular complexity index is 824. The number of hydrogen-bond acceptors (Lipinski definition) is 3. The van der Waals surface area contributed by atoms with Crippen molar-refractivity contribution in [3.8, 4) is 11.5 Å². The molecule has 0 saturated carbocycles. The fraction of sp³-hybridized carbons (Fsp3) is 0.533. The van der Waals surface area contributed by atoms with Crippen molar-refractivity contribution in [2.24, 2.45) is 0 Å². The minimum absolute atomic E-state index is 0.00588. The summed E-state index contributed by atoms with van der Waals surface area (Å²) in [6.07, 6.45) is -26.6. The first-order chi connectivity index (χ1) is 14.5. The van der Waals surface area contributed by atoms with Gasteiger partial charge in [0, 0.05) is 0 Å². The second kappa shape index (κ2) is 8.58. The average Bonchev–Trinajstić information content (AvgIpc) is 2.60. The number of hydrogen-bond donors (Lipinski definition) is 1. The van der Waals surface area contributed by atoms with E-state index in [0.29, 0.717) is 6.07 Å². The third-order valence-corrected chi connectivity index (χ3v) is 3.84. The number of benzene rings is 1. The number of alkyl halides is 14. The number of carbonyl (C=O) groups is 1. The Kier molecular flexibility index (Phi) is 7.37. The molecule has 1 aromatic rings. The van der Waals surface area contributed by atoms with Crippen molar-refractivity contribution in [1.82, 2.24) is 0 Å². The number of halogens is 14. The van der Waals surface area contributed by atoms with Gasteiger partial charge in [-0.1, -0.05) is 0 Å². The van der Waals surface area contributed by atoms with Crippen molar-refractivity contribution in [2.45, 2.75) is 36.0 Å². The Morgan fingerprint density at radius 3 is 1.27 bits per heavy atom. The van der Waals surface area contributed by atoms with E-state index in [9.17, 15) is 66.3 Å². The van der Waals surface area contributed by atoms with Gasteiger partial charge in [-0.05, 0) is 18.2 Å². The Labute approximate surface area is 172 Å². The highest BCUT2D eigenvalue weighted by Gasteiger charge is 2.74. The van der Waals surface area contributed by atoms with Crippen LogP contribution in [0.2, 0.25) is 0 Å². The number of carboxylic acids is 1. The summed E-state index contributed by atoms with van der Waals surface area (Å²) in [4.78, 5) is 10.9. The van der Waals surface area contributed by atoms with Crippen LogP contribution in [0.25, 0.3) is 0 Å². The first kappa shape index (κ1) is 28.3. The largest absolute Gasteiger partial charge is 0.486 e. The second-order valence-corrected chi connectivity index (χ2v) is 6.14. The molecule has 18 heteroatoms. The molecular formula is C15H8F14O4. The van der Waals surface area contributed by atoms with E-state index in [1.165, 1.54) is 0 Å². The van der Waals surface area contributed by atoms with Gasteiger partial charge in [0.1, 0.15) is 13.2 Å². The molecular weight excluding hydrogens is 510 g/mol. The molecule has 0 heterocycles. The molecule has 0 fully saturated rings. The lowest BCUT2D eigenvalue weighted by Gasteiger charge is -2.31. The normalized spacial score (nSPS) is 14.2. The highest BCUT2D eigenvalue weighted by atomic mass is 19.4. The molecule has 0 unspecified atom stereocenters. The number of carboxylic acid groups (broad SMARTS) is 1. The number of ether oxygens (including phenoxy) is 2. The minimum Gasteiger partial charge on any atom is -0.486 e. The molecule has 0 aliphatic rings. The maximum atomic E-state index is 13.7. The first-order valence-corrected chi connectivity index (χ1v) is 7.75. The van der Waals surface area contributed by atoms with Crippen molar-refractivity contribution < 1.29 is 80.8 Å². The third-order valence-electron chi connectivity index (χ3n) is 3.84. The molecule has 0 bridgehead atoms. The van der Waals surface area contributed by atoms with Crippen LogP contribution in [0, 0.1) is 0 Å². The van der Waals surface area contributed by atoms with E-state index in [-0.39, 0.29) is 12.1 Å². The van der Waals surface area contributed by atoms with E-state index in [1.807, 2.05) is 0 Å². The Balaban J connectivity index is 3.40. The lowest BCUT2D eigenvalue weighted by atomic mass is 10.1. The van der Waals surface area contributed by atoms with Gasteiger partial charge < -0.3 is 14.6 Å². The van der Waals surface area contributed by atoms with Crippen molar-refractivity contribution in [3.05, 3.63) is 23.8 Å². The Morgan fingerprint density at radius 1 is 0.636 bits per heavy atom. The Morgan fingerprint density at radius 2 is 0.970 bits per heavy atom. The zero-order valence-corrected chi connectivity index (χ0v) is 15.1. The van der Waals surface area contributed by atoms with E-state index in [1.54, 1.807) is 0 Å². The average molecular weight is 518 g/mol. The van der Waals surface area contributed by atoms with Crippen LogP contribution in [0.5, 0.6) is 11.5 Å². The highest BCUT2D eigenvalue weighted by Crippen LogP contribution is 2.48. The summed E-state index contributed by atoms with van der Waals surface area (Å²) in [7, 11) is 0. The van der Waals surface area contributed by atoms with E-state index in [0.717, 1.165) is 0 Å². The zero-order chi connectivity index (χ0) is 26.3. The van der Waals surface area contributed by atoms with Gasteiger partial charge in [0.15, 0.2) is 11.5 Å². The minimum atomic E-state index is -6.67. The van der Waals surface area contributed by atoms with Gasteiger partial charge in [0.25, 0.3) is 0 Å². The molecule has 4 nitrogen and oxygen atoms in total. The Hall–Kier alpha value is -2.69. The summed E-state index contributed by atoms with van der Waals surface area (Å²) in [5.41, 5.74) is -13.2. The van der Waals surface area contributed by atoms with Gasteiger partial charge in [-0.3, -0.25) is 0 Å². The van der Waals surface area contributed by atoms with Crippen molar-refractivity contribution in [2.75, 3.05) is 13.2 Å². The van der Waals surface area contributed by atoms with Crippen LogP contribution in [0.1, 0.15) is 10.4 Å². The van der Waals surface area contributed by atoms with E-state index >= 15 is 0 Å². The van der Waals surface area contributed by atoms with E-state index in [4.69, 9.17) is 5.11 Å². The van der Waals surface area contributed by atoms with Gasteiger partial charge in [-0.15, -0.1) is 0 Å². The van der Waals surface area contributed by atoms with Gasteiger partial charge in [0.2, 0.25) is 0 Å². The zero-order valence-electron chi connectivity index (χ0n) is 15.1. The van der Waals surface area contributed by atoms with Crippen molar-refractivity contribution >= 4 is 5.97 Å². The molecule has 190 valence electrons. The standard InChI is InChI=1S/C15H8F14O4/c16-10(12(18,19)20,13(21,22)23)4-32-7-2-1-6(9(30)31)3-8(7)33-5-11(17,14(24,25)26)15(27,28)29/h1-3H,4-5H2,(H,30,31). The molecule has 0 saturated heterocycles. The quantitative estimate of drug-likeness (QED) is 0.464. The lowest BCUT2D eigenvalue weighted by molar-refractivity contribution is -0.348. The van der Waals surface area contributed by atoms with Crippen LogP contribution in [0.3, 0.4) is 0 Å². The molecule has 0 amide bonds. The number of aromatic carboxylic acids is 1. The second-order valence-electron chi connectivity index (χ2n) is 6.14. The third kappa shape index (κ3) is 5.63. The molecule has 0 atom stereocenters. The molecule has 0 spiro atoms. The fourth-order valence-electron chi connectivity index (χ4n) is 1.88. The van der Waals surface area contributed by atoms with Crippen LogP contribution in [0.15, 0.2) is 18.2 Å². The van der Waals surface area contributed by atoms with Crippen molar-refractivity contribution in [1.29, 1.82) is 0 Å². The highest BCUT2D eigenvalue weighted by molar-refractivity contribution is 5.88. The maximum absolute atomic E-state index is 13.7. The van der Waals surface area contributed by atoms with Crippen LogP contribution < -0.4 is 9.47 Å². The van der Waals surface area contributed by atoms with E-state index < -0.39 is 72.3 Å². The fourth-order valence-corrected chi connectivity index (χ4v) is 1.88. The SMILES string of the molecule is O=C(O)c1ccc(OCC(F)(C(F)(F)F)C(F)(F)F)c(OCC(F)(C(F)(F)F)C(F)(F)F)c1. The smallest absolute Gasteiger partial charge is 0.435 e. The summed E-state index contributed by atoms with van der Waals surface area (Å²) in [6.45, 7) is -5.96. The number of rotatable bonds is 7. The molecule has 0 aromatic heterocycles. The monoisotopic (exact) mass is 518 g/mol. The summed E-state index contributed by atoms with van der Waals surface area (Å²) >= 11 is 0. The predicted molar refractivity (Wildman–Crippen MR) is 76.3 cm³/mol. The molecule has 1 aromatic carbocycles. The van der Waals surface area contributed by atoms with Gasteiger partial charge in [0.05, 0.1) is 5.56 Å². The summed E-state index contributed by atoms with van der Waals surface area (Å²) in [6, 6.07) is 0.515. The molecule has 1 rings (SSSR count). The topological polar surface area (TPSA) is 55.8 Å². The van der Waals surface area contributed by atoms with Crippen LogP contribution in [-0.2, 0) is 0 Å². The predicted octanol–water partition coefficient (Wildman–Crippen LogP) is 5.81. The van der Waals surface area contributed by atoms with Crippen LogP contribution in [-0.4, -0.2) is 60.3 Å². The summed E-state index contributed by atoms with van der Waals surface area (Å²) in [5.74, 6) is -5.16. The van der Waals surface area contributed by atoms with E-state index in [2.05, 4.69) is 9.47 Å². The molecule has 0 aliphatic carbocycles. The lowest BCUT2D eigenvalue weighted by Crippen LogP contribution is -2.57.